The van der Waals surface area contributed by atoms with Crippen LogP contribution in [0.5, 0.6) is 0 Å². The monoisotopic (exact) mass is 209 g/mol. The minimum atomic E-state index is -0.308. The van der Waals surface area contributed by atoms with E-state index in [9.17, 15) is 4.79 Å². The zero-order valence-electron chi connectivity index (χ0n) is 9.31. The van der Waals surface area contributed by atoms with Gasteiger partial charge in [-0.1, -0.05) is 32.1 Å². The number of hydrogen-bond donors (Lipinski definition) is 2. The Bertz CT molecular complexity index is 280. The summed E-state index contributed by atoms with van der Waals surface area (Å²) in [7, 11) is 1.82. The molecule has 2 amide bonds. The van der Waals surface area contributed by atoms with Crippen molar-refractivity contribution < 1.29 is 4.79 Å². The second kappa shape index (κ2) is 3.83. The van der Waals surface area contributed by atoms with Crippen LogP contribution < -0.4 is 5.32 Å². The van der Waals surface area contributed by atoms with Gasteiger partial charge in [-0.25, -0.2) is 4.79 Å². The Balaban J connectivity index is 2.21. The third-order valence-electron chi connectivity index (χ3n) is 3.82. The molecule has 1 heterocycles. The van der Waals surface area contributed by atoms with Crippen molar-refractivity contribution in [3.05, 3.63) is 0 Å². The van der Waals surface area contributed by atoms with Crippen LogP contribution in [0, 0.1) is 5.41 Å². The molecule has 0 atom stereocenters. The second-order valence-electron chi connectivity index (χ2n) is 4.66. The van der Waals surface area contributed by atoms with Crippen molar-refractivity contribution in [1.29, 1.82) is 5.41 Å². The highest BCUT2D eigenvalue weighted by atomic mass is 16.2. The van der Waals surface area contributed by atoms with E-state index in [0.29, 0.717) is 5.84 Å². The number of rotatable bonds is 0. The SMILES string of the molecule is CN1C(=O)NC(=N)C12CCCCCCC2. The van der Waals surface area contributed by atoms with Crippen LogP contribution in [-0.2, 0) is 0 Å². The molecule has 84 valence electrons. The third kappa shape index (κ3) is 1.62. The number of amides is 2. The van der Waals surface area contributed by atoms with E-state index in [2.05, 4.69) is 5.32 Å². The van der Waals surface area contributed by atoms with Crippen molar-refractivity contribution in [2.24, 2.45) is 0 Å². The van der Waals surface area contributed by atoms with Gasteiger partial charge in [0.2, 0.25) is 0 Å². The molecule has 1 aliphatic heterocycles. The lowest BCUT2D eigenvalue weighted by molar-refractivity contribution is 0.174. The lowest BCUT2D eigenvalue weighted by atomic mass is 9.83. The van der Waals surface area contributed by atoms with Crippen LogP contribution >= 0.6 is 0 Å². The Morgan fingerprint density at radius 2 is 1.73 bits per heavy atom. The van der Waals surface area contributed by atoms with Gasteiger partial charge < -0.3 is 4.90 Å². The smallest absolute Gasteiger partial charge is 0.315 e. The number of likely N-dealkylation sites (N-methyl/N-ethyl adjacent to an activating group) is 1. The first kappa shape index (κ1) is 10.5. The fraction of sp³-hybridized carbons (Fsp3) is 0.818. The molecule has 4 nitrogen and oxygen atoms in total. The number of carbonyl (C=O) groups excluding carboxylic acids is 1. The third-order valence-corrected chi connectivity index (χ3v) is 3.82. The van der Waals surface area contributed by atoms with Crippen LogP contribution in [-0.4, -0.2) is 29.4 Å². The maximum atomic E-state index is 11.5. The van der Waals surface area contributed by atoms with Gasteiger partial charge in [0, 0.05) is 7.05 Å². The Morgan fingerprint density at radius 1 is 1.20 bits per heavy atom. The van der Waals surface area contributed by atoms with Gasteiger partial charge in [0.05, 0.1) is 0 Å². The molecular weight excluding hydrogens is 190 g/mol. The molecule has 1 spiro atoms. The first-order valence-corrected chi connectivity index (χ1v) is 5.81. The predicted octanol–water partition coefficient (Wildman–Crippen LogP) is 2.10. The van der Waals surface area contributed by atoms with Crippen molar-refractivity contribution in [2.75, 3.05) is 7.05 Å². The van der Waals surface area contributed by atoms with Gasteiger partial charge in [-0.05, 0) is 12.8 Å². The Labute approximate surface area is 90.5 Å². The summed E-state index contributed by atoms with van der Waals surface area (Å²) in [4.78, 5) is 13.3. The van der Waals surface area contributed by atoms with E-state index < -0.39 is 0 Å². The molecule has 0 radical (unpaired) electrons. The van der Waals surface area contributed by atoms with Crippen molar-refractivity contribution in [3.63, 3.8) is 0 Å². The van der Waals surface area contributed by atoms with Crippen LogP contribution in [0.3, 0.4) is 0 Å². The predicted molar refractivity (Wildman–Crippen MR) is 59.1 cm³/mol. The van der Waals surface area contributed by atoms with Gasteiger partial charge in [0.1, 0.15) is 11.4 Å². The summed E-state index contributed by atoms with van der Waals surface area (Å²) in [6.07, 6.45) is 7.91. The van der Waals surface area contributed by atoms with Crippen LogP contribution in [0.4, 0.5) is 4.79 Å². The normalized spacial score (nSPS) is 26.3. The average molecular weight is 209 g/mol. The number of hydrogen-bond acceptors (Lipinski definition) is 2. The Hall–Kier alpha value is -1.06. The molecule has 1 aliphatic carbocycles. The van der Waals surface area contributed by atoms with Gasteiger partial charge in [-0.3, -0.25) is 10.7 Å². The summed E-state index contributed by atoms with van der Waals surface area (Å²) < 4.78 is 0. The van der Waals surface area contributed by atoms with E-state index in [1.54, 1.807) is 4.90 Å². The lowest BCUT2D eigenvalue weighted by Crippen LogP contribution is -2.47. The van der Waals surface area contributed by atoms with Crippen molar-refractivity contribution in [3.8, 4) is 0 Å². The molecule has 0 aromatic heterocycles. The van der Waals surface area contributed by atoms with Crippen LogP contribution in [0.1, 0.15) is 44.9 Å². The number of nitrogens with zero attached hydrogens (tertiary/aromatic N) is 1. The highest BCUT2D eigenvalue weighted by Crippen LogP contribution is 2.34. The zero-order valence-corrected chi connectivity index (χ0v) is 9.31. The van der Waals surface area contributed by atoms with Gasteiger partial charge in [0.25, 0.3) is 0 Å². The van der Waals surface area contributed by atoms with E-state index >= 15 is 0 Å². The van der Waals surface area contributed by atoms with E-state index in [1.807, 2.05) is 7.05 Å². The number of urea groups is 1. The molecule has 2 rings (SSSR count). The fourth-order valence-corrected chi connectivity index (χ4v) is 2.74. The molecule has 0 aromatic rings. The minimum absolute atomic E-state index is 0.111. The van der Waals surface area contributed by atoms with E-state index in [4.69, 9.17) is 5.41 Å². The average Bonchev–Trinajstić information content (AvgIpc) is 2.35. The molecule has 15 heavy (non-hydrogen) atoms. The van der Waals surface area contributed by atoms with Crippen LogP contribution in [0.2, 0.25) is 0 Å². The molecule has 2 N–H and O–H groups in total. The van der Waals surface area contributed by atoms with Gasteiger partial charge >= 0.3 is 6.03 Å². The number of nitrogens with one attached hydrogen (secondary N) is 2. The molecule has 1 saturated heterocycles. The Kier molecular flexibility index (Phi) is 2.67. The molecule has 2 aliphatic rings. The molecular formula is C11H19N3O. The van der Waals surface area contributed by atoms with E-state index in [1.165, 1.54) is 19.3 Å². The first-order chi connectivity index (χ1) is 7.17. The van der Waals surface area contributed by atoms with Crippen molar-refractivity contribution >= 4 is 11.9 Å². The number of carbonyl (C=O) groups is 1. The Morgan fingerprint density at radius 3 is 2.20 bits per heavy atom. The molecule has 0 unspecified atom stereocenters. The summed E-state index contributed by atoms with van der Waals surface area (Å²) in [6, 6.07) is -0.111. The van der Waals surface area contributed by atoms with E-state index in [-0.39, 0.29) is 11.6 Å². The second-order valence-corrected chi connectivity index (χ2v) is 4.66. The molecule has 1 saturated carbocycles. The molecule has 0 aromatic carbocycles. The van der Waals surface area contributed by atoms with E-state index in [0.717, 1.165) is 25.7 Å². The minimum Gasteiger partial charge on any atom is -0.315 e. The lowest BCUT2D eigenvalue weighted by Gasteiger charge is -2.35. The number of amidine groups is 1. The van der Waals surface area contributed by atoms with Crippen molar-refractivity contribution in [1.82, 2.24) is 10.2 Å². The maximum Gasteiger partial charge on any atom is 0.323 e. The van der Waals surface area contributed by atoms with Gasteiger partial charge in [-0.15, -0.1) is 0 Å². The zero-order chi connectivity index (χ0) is 10.9. The molecule has 2 fully saturated rings. The van der Waals surface area contributed by atoms with Crippen molar-refractivity contribution in [2.45, 2.75) is 50.5 Å². The summed E-state index contributed by atoms with van der Waals surface area (Å²) >= 11 is 0. The molecule has 4 heteroatoms. The highest BCUT2D eigenvalue weighted by molar-refractivity contribution is 6.08. The maximum absolute atomic E-state index is 11.5. The topological polar surface area (TPSA) is 56.2 Å². The summed E-state index contributed by atoms with van der Waals surface area (Å²) in [5.41, 5.74) is -0.308. The fourth-order valence-electron chi connectivity index (χ4n) is 2.74. The standard InChI is InChI=1S/C11H19N3O/c1-14-10(15)13-9(12)11(14)7-5-3-2-4-6-8-11/h2-8H2,1H3,(H2,12,13,15). The summed E-state index contributed by atoms with van der Waals surface area (Å²) in [6.45, 7) is 0. The van der Waals surface area contributed by atoms with Crippen LogP contribution in [0.25, 0.3) is 0 Å². The quantitative estimate of drug-likeness (QED) is 0.630. The highest BCUT2D eigenvalue weighted by Gasteiger charge is 2.47. The summed E-state index contributed by atoms with van der Waals surface area (Å²) in [5.74, 6) is 0.414. The van der Waals surface area contributed by atoms with Gasteiger partial charge in [0.15, 0.2) is 0 Å². The largest absolute Gasteiger partial charge is 0.323 e. The molecule has 0 bridgehead atoms. The first-order valence-electron chi connectivity index (χ1n) is 5.81. The van der Waals surface area contributed by atoms with Gasteiger partial charge in [-0.2, -0.15) is 0 Å². The van der Waals surface area contributed by atoms with Crippen LogP contribution in [0.15, 0.2) is 0 Å². The summed E-state index contributed by atoms with van der Waals surface area (Å²) in [5, 5.41) is 10.6.